The van der Waals surface area contributed by atoms with E-state index in [1.54, 1.807) is 6.07 Å². The zero-order valence-corrected chi connectivity index (χ0v) is 13.9. The highest BCUT2D eigenvalue weighted by Gasteiger charge is 2.28. The molecule has 2 N–H and O–H groups in total. The summed E-state index contributed by atoms with van der Waals surface area (Å²) in [7, 11) is 0. The number of amides is 1. The maximum Gasteiger partial charge on any atom is 0.308 e. The van der Waals surface area contributed by atoms with Gasteiger partial charge in [-0.15, -0.1) is 0 Å². The summed E-state index contributed by atoms with van der Waals surface area (Å²) < 4.78 is 2.84. The maximum atomic E-state index is 12.3. The molecule has 0 spiro atoms. The van der Waals surface area contributed by atoms with E-state index < -0.39 is 11.9 Å². The van der Waals surface area contributed by atoms with Gasteiger partial charge in [0.05, 0.1) is 5.92 Å². The number of aliphatic carboxylic acids is 1. The Hall–Kier alpha value is -1.30. The van der Waals surface area contributed by atoms with Crippen molar-refractivity contribution in [3.8, 4) is 0 Å². The minimum Gasteiger partial charge on any atom is -0.481 e. The summed E-state index contributed by atoms with van der Waals surface area (Å²) in [5.41, 5.74) is 0.595. The fourth-order valence-corrected chi connectivity index (χ4v) is 2.87. The summed E-state index contributed by atoms with van der Waals surface area (Å²) in [6.07, 6.45) is 4.65. The van der Waals surface area contributed by atoms with Crippen LogP contribution in [-0.4, -0.2) is 28.1 Å². The number of carboxylic acids is 1. The molecule has 5 nitrogen and oxygen atoms in total. The average Bonchev–Trinajstić information content (AvgIpc) is 3.16. The van der Waals surface area contributed by atoms with Crippen molar-refractivity contribution in [3.05, 3.63) is 22.4 Å². The molecule has 6 heteroatoms. The molecule has 2 rings (SSSR count). The number of carbonyl (C=O) groups is 2. The zero-order chi connectivity index (χ0) is 15.6. The summed E-state index contributed by atoms with van der Waals surface area (Å²) in [5.74, 6) is -1.32. The van der Waals surface area contributed by atoms with E-state index in [-0.39, 0.29) is 18.4 Å². The first-order valence-electron chi connectivity index (χ1n) is 7.27. The molecular weight excluding hydrogens is 336 g/mol. The van der Waals surface area contributed by atoms with Gasteiger partial charge in [0.1, 0.15) is 5.69 Å². The standard InChI is InChI=1S/C15H21BrN2O3/c1-9(2)5-10(15(20)21)7-17-14(19)13-6-11(16)8-18(13)12-3-4-12/h6,8-10,12H,3-5,7H2,1-2H3,(H,17,19)(H,20,21). The first kappa shape index (κ1) is 16.1. The Labute approximate surface area is 132 Å². The van der Waals surface area contributed by atoms with Crippen molar-refractivity contribution < 1.29 is 14.7 Å². The lowest BCUT2D eigenvalue weighted by atomic mass is 9.97. The summed E-state index contributed by atoms with van der Waals surface area (Å²) in [4.78, 5) is 23.5. The topological polar surface area (TPSA) is 71.3 Å². The van der Waals surface area contributed by atoms with E-state index in [1.165, 1.54) is 0 Å². The van der Waals surface area contributed by atoms with Gasteiger partial charge in [0.25, 0.3) is 5.91 Å². The molecule has 1 unspecified atom stereocenters. The number of carbonyl (C=O) groups excluding carboxylic acids is 1. The first-order chi connectivity index (χ1) is 9.88. The number of halogens is 1. The van der Waals surface area contributed by atoms with E-state index in [1.807, 2.05) is 24.6 Å². The van der Waals surface area contributed by atoms with Crippen LogP contribution in [0.1, 0.15) is 49.6 Å². The number of nitrogens with one attached hydrogen (secondary N) is 1. The first-order valence-corrected chi connectivity index (χ1v) is 8.06. The fourth-order valence-electron chi connectivity index (χ4n) is 2.43. The minimum absolute atomic E-state index is 0.166. The molecule has 0 aliphatic heterocycles. The molecule has 1 aromatic rings. The van der Waals surface area contributed by atoms with Crippen molar-refractivity contribution in [2.45, 2.75) is 39.2 Å². The van der Waals surface area contributed by atoms with Gasteiger partial charge in [0.15, 0.2) is 0 Å². The second-order valence-corrected chi connectivity index (χ2v) is 6.97. The predicted octanol–water partition coefficient (Wildman–Crippen LogP) is 3.06. The summed E-state index contributed by atoms with van der Waals surface area (Å²) in [5, 5.41) is 12.0. The van der Waals surface area contributed by atoms with Gasteiger partial charge >= 0.3 is 5.97 Å². The van der Waals surface area contributed by atoms with Crippen LogP contribution in [0.3, 0.4) is 0 Å². The number of aromatic nitrogens is 1. The molecule has 0 saturated heterocycles. The summed E-state index contributed by atoms with van der Waals surface area (Å²) in [6, 6.07) is 2.19. The van der Waals surface area contributed by atoms with Crippen molar-refractivity contribution in [3.63, 3.8) is 0 Å². The van der Waals surface area contributed by atoms with Gasteiger partial charge in [-0.3, -0.25) is 9.59 Å². The quantitative estimate of drug-likeness (QED) is 0.788. The number of carboxylic acid groups (broad SMARTS) is 1. The molecule has 1 aromatic heterocycles. The molecule has 1 fully saturated rings. The van der Waals surface area contributed by atoms with E-state index in [4.69, 9.17) is 0 Å². The third-order valence-electron chi connectivity index (χ3n) is 3.60. The van der Waals surface area contributed by atoms with Gasteiger partial charge in [-0.1, -0.05) is 13.8 Å². The van der Waals surface area contributed by atoms with Crippen LogP contribution in [-0.2, 0) is 4.79 Å². The number of nitrogens with zero attached hydrogens (tertiary/aromatic N) is 1. The van der Waals surface area contributed by atoms with Crippen LogP contribution in [0, 0.1) is 11.8 Å². The van der Waals surface area contributed by atoms with Crippen LogP contribution in [0.25, 0.3) is 0 Å². The molecule has 0 radical (unpaired) electrons. The van der Waals surface area contributed by atoms with E-state index in [2.05, 4.69) is 21.2 Å². The molecule has 1 atom stereocenters. The number of rotatable bonds is 7. The van der Waals surface area contributed by atoms with Crippen LogP contribution in [0.4, 0.5) is 0 Å². The molecule has 1 amide bonds. The van der Waals surface area contributed by atoms with Crippen molar-refractivity contribution in [1.82, 2.24) is 9.88 Å². The Kier molecular flexibility index (Phi) is 5.08. The van der Waals surface area contributed by atoms with Crippen LogP contribution in [0.5, 0.6) is 0 Å². The van der Waals surface area contributed by atoms with Crippen LogP contribution < -0.4 is 5.32 Å². The van der Waals surface area contributed by atoms with Crippen molar-refractivity contribution in [1.29, 1.82) is 0 Å². The van der Waals surface area contributed by atoms with Crippen molar-refractivity contribution in [2.75, 3.05) is 6.54 Å². The van der Waals surface area contributed by atoms with Gasteiger partial charge in [-0.2, -0.15) is 0 Å². The second kappa shape index (κ2) is 6.64. The molecular formula is C15H21BrN2O3. The smallest absolute Gasteiger partial charge is 0.308 e. The average molecular weight is 357 g/mol. The van der Waals surface area contributed by atoms with Gasteiger partial charge in [0.2, 0.25) is 0 Å². The Bertz CT molecular complexity index is 535. The highest BCUT2D eigenvalue weighted by molar-refractivity contribution is 9.10. The molecule has 0 aromatic carbocycles. The van der Waals surface area contributed by atoms with E-state index in [0.29, 0.717) is 18.2 Å². The summed E-state index contributed by atoms with van der Waals surface area (Å²) >= 11 is 3.39. The lowest BCUT2D eigenvalue weighted by molar-refractivity contribution is -0.142. The lowest BCUT2D eigenvalue weighted by Gasteiger charge is -2.16. The maximum absolute atomic E-state index is 12.3. The molecule has 1 aliphatic carbocycles. The Morgan fingerprint density at radius 1 is 1.48 bits per heavy atom. The van der Waals surface area contributed by atoms with Gasteiger partial charge in [-0.05, 0) is 47.2 Å². The van der Waals surface area contributed by atoms with E-state index in [9.17, 15) is 14.7 Å². The molecule has 0 bridgehead atoms. The third kappa shape index (κ3) is 4.33. The van der Waals surface area contributed by atoms with E-state index in [0.717, 1.165) is 17.3 Å². The molecule has 1 aliphatic rings. The molecule has 1 heterocycles. The van der Waals surface area contributed by atoms with Gasteiger partial charge in [-0.25, -0.2) is 0 Å². The SMILES string of the molecule is CC(C)CC(CNC(=O)c1cc(Br)cn1C1CC1)C(=O)O. The third-order valence-corrected chi connectivity index (χ3v) is 4.04. The second-order valence-electron chi connectivity index (χ2n) is 6.06. The zero-order valence-electron chi connectivity index (χ0n) is 12.3. The Morgan fingerprint density at radius 2 is 2.14 bits per heavy atom. The highest BCUT2D eigenvalue weighted by atomic mass is 79.9. The Morgan fingerprint density at radius 3 is 2.67 bits per heavy atom. The van der Waals surface area contributed by atoms with Crippen molar-refractivity contribution in [2.24, 2.45) is 11.8 Å². The normalized spacial score (nSPS) is 16.0. The van der Waals surface area contributed by atoms with Gasteiger partial charge < -0.3 is 15.0 Å². The van der Waals surface area contributed by atoms with Crippen molar-refractivity contribution >= 4 is 27.8 Å². The number of hydrogen-bond donors (Lipinski definition) is 2. The predicted molar refractivity (Wildman–Crippen MR) is 83.3 cm³/mol. The van der Waals surface area contributed by atoms with Gasteiger partial charge in [0, 0.05) is 23.3 Å². The van der Waals surface area contributed by atoms with Crippen LogP contribution >= 0.6 is 15.9 Å². The number of hydrogen-bond acceptors (Lipinski definition) is 2. The van der Waals surface area contributed by atoms with Crippen LogP contribution in [0.15, 0.2) is 16.7 Å². The minimum atomic E-state index is -0.859. The monoisotopic (exact) mass is 356 g/mol. The van der Waals surface area contributed by atoms with E-state index >= 15 is 0 Å². The lowest BCUT2D eigenvalue weighted by Crippen LogP contribution is -2.34. The van der Waals surface area contributed by atoms with Crippen LogP contribution in [0.2, 0.25) is 0 Å². The summed E-state index contributed by atoms with van der Waals surface area (Å²) in [6.45, 7) is 4.13. The fraction of sp³-hybridized carbons (Fsp3) is 0.600. The molecule has 21 heavy (non-hydrogen) atoms. The Balaban J connectivity index is 1.99. The largest absolute Gasteiger partial charge is 0.481 e. The molecule has 116 valence electrons. The molecule has 1 saturated carbocycles. The highest BCUT2D eigenvalue weighted by Crippen LogP contribution is 2.37.